The highest BCUT2D eigenvalue weighted by Gasteiger charge is 2.14. The van der Waals surface area contributed by atoms with Gasteiger partial charge in [-0.2, -0.15) is 0 Å². The molecule has 0 aliphatic heterocycles. The first kappa shape index (κ1) is 23.2. The summed E-state index contributed by atoms with van der Waals surface area (Å²) in [6, 6.07) is 19.7. The van der Waals surface area contributed by atoms with Crippen molar-refractivity contribution in [2.24, 2.45) is 0 Å². The molecule has 5 rings (SSSR count). The fourth-order valence-electron chi connectivity index (χ4n) is 3.54. The first-order valence-corrected chi connectivity index (χ1v) is 11.7. The van der Waals surface area contributed by atoms with Crippen LogP contribution in [0, 0.1) is 6.92 Å². The minimum atomic E-state index is -0.342. The summed E-state index contributed by atoms with van der Waals surface area (Å²) in [7, 11) is 0. The van der Waals surface area contributed by atoms with Gasteiger partial charge in [-0.15, -0.1) is 0 Å². The van der Waals surface area contributed by atoms with Crippen molar-refractivity contribution >= 4 is 63.6 Å². The summed E-state index contributed by atoms with van der Waals surface area (Å²) in [5, 5.41) is 4.12. The van der Waals surface area contributed by atoms with Gasteiger partial charge < -0.3 is 14.2 Å². The highest BCUT2D eigenvalue weighted by molar-refractivity contribution is 6.43. The van der Waals surface area contributed by atoms with Gasteiger partial charge in [-0.3, -0.25) is 4.79 Å². The van der Waals surface area contributed by atoms with E-state index in [0.29, 0.717) is 54.9 Å². The van der Waals surface area contributed by atoms with E-state index in [1.807, 2.05) is 31.2 Å². The maximum absolute atomic E-state index is 12.5. The van der Waals surface area contributed by atoms with Crippen molar-refractivity contribution in [3.63, 3.8) is 0 Å². The highest BCUT2D eigenvalue weighted by Crippen LogP contribution is 2.35. The van der Waals surface area contributed by atoms with Crippen molar-refractivity contribution in [1.82, 2.24) is 4.98 Å². The van der Waals surface area contributed by atoms with Crippen LogP contribution >= 0.6 is 34.8 Å². The lowest BCUT2D eigenvalue weighted by Crippen LogP contribution is -2.07. The second kappa shape index (κ2) is 9.62. The first-order valence-electron chi connectivity index (χ1n) is 10.6. The van der Waals surface area contributed by atoms with Gasteiger partial charge in [-0.1, -0.05) is 46.9 Å². The Morgan fingerprint density at radius 1 is 0.914 bits per heavy atom. The van der Waals surface area contributed by atoms with E-state index in [1.54, 1.807) is 48.5 Å². The number of hydrogen-bond donors (Lipinski definition) is 1. The SMILES string of the molecule is Cc1ccc2oc(-c3cc(NC(=O)C=Cc4ccc(-c5cccc(Cl)c5Cl)o4)ccc3Cl)nc2c1. The summed E-state index contributed by atoms with van der Waals surface area (Å²) in [5.74, 6) is 1.08. The van der Waals surface area contributed by atoms with Crippen LogP contribution in [-0.4, -0.2) is 10.9 Å². The van der Waals surface area contributed by atoms with Gasteiger partial charge in [0.1, 0.15) is 17.0 Å². The second-order valence-corrected chi connectivity index (χ2v) is 9.00. The van der Waals surface area contributed by atoms with Crippen LogP contribution in [0.3, 0.4) is 0 Å². The van der Waals surface area contributed by atoms with E-state index in [2.05, 4.69) is 10.3 Å². The number of carbonyl (C=O) groups is 1. The number of anilines is 1. The zero-order chi connectivity index (χ0) is 24.5. The Labute approximate surface area is 215 Å². The third-order valence-corrected chi connectivity index (χ3v) is 6.40. The molecule has 0 spiro atoms. The van der Waals surface area contributed by atoms with E-state index in [-0.39, 0.29) is 5.91 Å². The van der Waals surface area contributed by atoms with Crippen molar-refractivity contribution < 1.29 is 13.6 Å². The van der Waals surface area contributed by atoms with Gasteiger partial charge in [0.15, 0.2) is 5.58 Å². The Morgan fingerprint density at radius 3 is 2.63 bits per heavy atom. The molecule has 0 atom stereocenters. The number of carbonyl (C=O) groups excluding carboxylic acids is 1. The normalized spacial score (nSPS) is 11.4. The molecule has 0 saturated heterocycles. The fourth-order valence-corrected chi connectivity index (χ4v) is 4.13. The molecule has 5 aromatic rings. The summed E-state index contributed by atoms with van der Waals surface area (Å²) >= 11 is 18.7. The van der Waals surface area contributed by atoms with E-state index < -0.39 is 0 Å². The molecule has 2 heterocycles. The van der Waals surface area contributed by atoms with Gasteiger partial charge in [0.25, 0.3) is 0 Å². The van der Waals surface area contributed by atoms with Crippen LogP contribution in [0.5, 0.6) is 0 Å². The van der Waals surface area contributed by atoms with Crippen molar-refractivity contribution in [2.45, 2.75) is 6.92 Å². The van der Waals surface area contributed by atoms with Gasteiger partial charge in [-0.25, -0.2) is 4.98 Å². The number of oxazole rings is 1. The minimum absolute atomic E-state index is 0.342. The Morgan fingerprint density at radius 2 is 1.77 bits per heavy atom. The predicted molar refractivity (Wildman–Crippen MR) is 141 cm³/mol. The molecule has 5 nitrogen and oxygen atoms in total. The van der Waals surface area contributed by atoms with Gasteiger partial charge in [-0.05, 0) is 73.2 Å². The molecule has 0 unspecified atom stereocenters. The van der Waals surface area contributed by atoms with Crippen molar-refractivity contribution in [3.05, 3.63) is 99.2 Å². The van der Waals surface area contributed by atoms with Gasteiger partial charge in [0.05, 0.1) is 20.6 Å². The topological polar surface area (TPSA) is 68.3 Å². The van der Waals surface area contributed by atoms with Gasteiger partial charge in [0.2, 0.25) is 11.8 Å². The van der Waals surface area contributed by atoms with E-state index in [4.69, 9.17) is 43.6 Å². The molecule has 1 N–H and O–H groups in total. The summed E-state index contributed by atoms with van der Waals surface area (Å²) in [5.41, 5.74) is 4.28. The van der Waals surface area contributed by atoms with Crippen LogP contribution in [-0.2, 0) is 4.79 Å². The Bertz CT molecular complexity index is 1600. The maximum atomic E-state index is 12.5. The van der Waals surface area contributed by atoms with Crippen LogP contribution in [0.25, 0.3) is 40.0 Å². The molecule has 0 bridgehead atoms. The third-order valence-electron chi connectivity index (χ3n) is 5.25. The van der Waals surface area contributed by atoms with E-state index in [1.165, 1.54) is 6.08 Å². The van der Waals surface area contributed by atoms with Crippen LogP contribution in [0.15, 0.2) is 81.6 Å². The van der Waals surface area contributed by atoms with Crippen LogP contribution in [0.1, 0.15) is 11.3 Å². The van der Waals surface area contributed by atoms with Gasteiger partial charge >= 0.3 is 0 Å². The molecule has 3 aromatic carbocycles. The second-order valence-electron chi connectivity index (χ2n) is 7.81. The summed E-state index contributed by atoms with van der Waals surface area (Å²) in [6.45, 7) is 1.99. The molecular weight excluding hydrogens is 507 g/mol. The summed E-state index contributed by atoms with van der Waals surface area (Å²) in [6.07, 6.45) is 2.94. The van der Waals surface area contributed by atoms with Crippen molar-refractivity contribution in [2.75, 3.05) is 5.32 Å². The average molecular weight is 524 g/mol. The molecule has 0 aliphatic rings. The zero-order valence-electron chi connectivity index (χ0n) is 18.3. The Balaban J connectivity index is 1.32. The number of aryl methyl sites for hydroxylation is 1. The molecule has 0 fully saturated rings. The summed E-state index contributed by atoms with van der Waals surface area (Å²) in [4.78, 5) is 17.1. The Hall–Kier alpha value is -3.51. The first-order chi connectivity index (χ1) is 16.9. The third kappa shape index (κ3) is 4.98. The predicted octanol–water partition coefficient (Wildman–Crippen LogP) is 8.68. The molecule has 8 heteroatoms. The lowest BCUT2D eigenvalue weighted by atomic mass is 10.2. The number of hydrogen-bond acceptors (Lipinski definition) is 4. The number of fused-ring (bicyclic) bond motifs is 1. The quantitative estimate of drug-likeness (QED) is 0.234. The lowest BCUT2D eigenvalue weighted by Gasteiger charge is -2.05. The zero-order valence-corrected chi connectivity index (χ0v) is 20.6. The van der Waals surface area contributed by atoms with Crippen LogP contribution in [0.2, 0.25) is 15.1 Å². The van der Waals surface area contributed by atoms with Crippen molar-refractivity contribution in [3.8, 4) is 22.8 Å². The number of nitrogens with zero attached hydrogens (tertiary/aromatic N) is 1. The average Bonchev–Trinajstić information content (AvgIpc) is 3.47. The minimum Gasteiger partial charge on any atom is -0.457 e. The van der Waals surface area contributed by atoms with Crippen LogP contribution in [0.4, 0.5) is 5.69 Å². The number of rotatable bonds is 5. The highest BCUT2D eigenvalue weighted by atomic mass is 35.5. The van der Waals surface area contributed by atoms with Crippen LogP contribution < -0.4 is 5.32 Å². The fraction of sp³-hybridized carbons (Fsp3) is 0.0370. The van der Waals surface area contributed by atoms with E-state index in [0.717, 1.165) is 11.1 Å². The number of furan rings is 1. The standard InChI is InChI=1S/C27H17Cl3N2O3/c1-15-5-10-24-22(13-15)32-27(35-24)19-14-16(6-9-20(19)28)31-25(33)12-8-17-7-11-23(34-17)18-3-2-4-21(29)26(18)30/h2-14H,1H3,(H,31,33). The smallest absolute Gasteiger partial charge is 0.248 e. The molecule has 2 aromatic heterocycles. The maximum Gasteiger partial charge on any atom is 0.248 e. The summed E-state index contributed by atoms with van der Waals surface area (Å²) < 4.78 is 11.6. The number of halogens is 3. The molecule has 174 valence electrons. The molecule has 0 radical (unpaired) electrons. The molecule has 0 saturated carbocycles. The molecule has 35 heavy (non-hydrogen) atoms. The van der Waals surface area contributed by atoms with E-state index in [9.17, 15) is 4.79 Å². The van der Waals surface area contributed by atoms with Crippen molar-refractivity contribution in [1.29, 1.82) is 0 Å². The number of amides is 1. The number of aromatic nitrogens is 1. The number of benzene rings is 3. The number of nitrogens with one attached hydrogen (secondary N) is 1. The molecule has 1 amide bonds. The van der Waals surface area contributed by atoms with E-state index >= 15 is 0 Å². The monoisotopic (exact) mass is 522 g/mol. The largest absolute Gasteiger partial charge is 0.457 e. The lowest BCUT2D eigenvalue weighted by molar-refractivity contribution is -0.111. The Kier molecular flexibility index (Phi) is 6.39. The molecular formula is C27H17Cl3N2O3. The van der Waals surface area contributed by atoms with Gasteiger partial charge in [0, 0.05) is 17.3 Å². The molecule has 0 aliphatic carbocycles.